The lowest BCUT2D eigenvalue weighted by Crippen LogP contribution is -2.39. The van der Waals surface area contributed by atoms with Gasteiger partial charge in [0.15, 0.2) is 0 Å². The standard InChI is InChI=1S/C16H23N3O/c1-11-3-4-14(17-12(2)20)9-16(11)18-15-6-8-19-7-5-13(15)10-19/h3-4,9,13,15,18H,5-8,10H2,1-2H3,(H,17,20). The summed E-state index contributed by atoms with van der Waals surface area (Å²) in [7, 11) is 0. The second-order valence-electron chi connectivity index (χ2n) is 6.10. The average Bonchev–Trinajstić information content (AvgIpc) is 2.79. The van der Waals surface area contributed by atoms with E-state index in [1.807, 2.05) is 6.07 Å². The molecule has 2 aliphatic rings. The quantitative estimate of drug-likeness (QED) is 0.889. The lowest BCUT2D eigenvalue weighted by molar-refractivity contribution is -0.114. The molecule has 2 fully saturated rings. The summed E-state index contributed by atoms with van der Waals surface area (Å²) in [6.45, 7) is 7.36. The molecule has 0 aromatic heterocycles. The topological polar surface area (TPSA) is 44.4 Å². The SMILES string of the molecule is CC(=O)Nc1ccc(C)c(NC2CCN3CCC2C3)c1. The minimum atomic E-state index is -0.0242. The van der Waals surface area contributed by atoms with E-state index in [-0.39, 0.29) is 5.91 Å². The Balaban J connectivity index is 1.74. The van der Waals surface area contributed by atoms with Crippen LogP contribution in [0.3, 0.4) is 0 Å². The van der Waals surface area contributed by atoms with E-state index in [4.69, 9.17) is 0 Å². The first kappa shape index (κ1) is 13.4. The Morgan fingerprint density at radius 1 is 1.30 bits per heavy atom. The highest BCUT2D eigenvalue weighted by molar-refractivity contribution is 5.89. The van der Waals surface area contributed by atoms with Crippen molar-refractivity contribution in [3.8, 4) is 0 Å². The van der Waals surface area contributed by atoms with Crippen molar-refractivity contribution in [2.24, 2.45) is 5.92 Å². The number of carbonyl (C=O) groups excluding carboxylic acids is 1. The number of hydrogen-bond donors (Lipinski definition) is 2. The van der Waals surface area contributed by atoms with Gasteiger partial charge in [-0.25, -0.2) is 0 Å². The van der Waals surface area contributed by atoms with E-state index < -0.39 is 0 Å². The van der Waals surface area contributed by atoms with Crippen LogP contribution in [0, 0.1) is 12.8 Å². The zero-order chi connectivity index (χ0) is 14.1. The predicted octanol–water partition coefficient (Wildman–Crippen LogP) is 2.46. The number of amides is 1. The predicted molar refractivity (Wildman–Crippen MR) is 82.1 cm³/mol. The van der Waals surface area contributed by atoms with Gasteiger partial charge in [-0.15, -0.1) is 0 Å². The second-order valence-corrected chi connectivity index (χ2v) is 6.10. The van der Waals surface area contributed by atoms with E-state index in [1.165, 1.54) is 38.0 Å². The van der Waals surface area contributed by atoms with E-state index in [1.54, 1.807) is 6.92 Å². The largest absolute Gasteiger partial charge is 0.382 e. The Morgan fingerprint density at radius 2 is 2.10 bits per heavy atom. The first-order valence-corrected chi connectivity index (χ1v) is 7.49. The number of hydrogen-bond acceptors (Lipinski definition) is 3. The maximum Gasteiger partial charge on any atom is 0.221 e. The normalized spacial score (nSPS) is 28.2. The molecule has 4 heteroatoms. The number of carbonyl (C=O) groups is 1. The zero-order valence-corrected chi connectivity index (χ0v) is 12.3. The summed E-state index contributed by atoms with van der Waals surface area (Å²) < 4.78 is 0. The molecule has 1 aromatic rings. The van der Waals surface area contributed by atoms with E-state index >= 15 is 0 Å². The summed E-state index contributed by atoms with van der Waals surface area (Å²) in [5.74, 6) is 0.747. The van der Waals surface area contributed by atoms with Gasteiger partial charge in [-0.05, 0) is 49.9 Å². The van der Waals surface area contributed by atoms with Gasteiger partial charge in [0.2, 0.25) is 5.91 Å². The van der Waals surface area contributed by atoms with E-state index in [9.17, 15) is 4.79 Å². The van der Waals surface area contributed by atoms with Crippen LogP contribution in [0.15, 0.2) is 18.2 Å². The van der Waals surface area contributed by atoms with Crippen molar-refractivity contribution in [1.82, 2.24) is 4.90 Å². The van der Waals surface area contributed by atoms with Gasteiger partial charge in [-0.1, -0.05) is 6.07 Å². The summed E-state index contributed by atoms with van der Waals surface area (Å²) in [5, 5.41) is 6.57. The molecule has 108 valence electrons. The molecule has 4 nitrogen and oxygen atoms in total. The molecule has 3 rings (SSSR count). The van der Waals surface area contributed by atoms with Crippen molar-refractivity contribution < 1.29 is 4.79 Å². The highest BCUT2D eigenvalue weighted by atomic mass is 16.1. The molecule has 2 aliphatic heterocycles. The van der Waals surface area contributed by atoms with Crippen molar-refractivity contribution in [2.75, 3.05) is 30.3 Å². The van der Waals surface area contributed by atoms with E-state index in [0.29, 0.717) is 6.04 Å². The summed E-state index contributed by atoms with van der Waals surface area (Å²) in [5.41, 5.74) is 3.26. The van der Waals surface area contributed by atoms with Gasteiger partial charge in [0.25, 0.3) is 0 Å². The Kier molecular flexibility index (Phi) is 3.66. The molecule has 1 amide bonds. The van der Waals surface area contributed by atoms with Gasteiger partial charge in [0.1, 0.15) is 0 Å². The fourth-order valence-electron chi connectivity index (χ4n) is 3.40. The van der Waals surface area contributed by atoms with Crippen molar-refractivity contribution >= 4 is 17.3 Å². The van der Waals surface area contributed by atoms with Gasteiger partial charge in [0, 0.05) is 37.4 Å². The van der Waals surface area contributed by atoms with Crippen LogP contribution in [-0.2, 0) is 4.79 Å². The summed E-state index contributed by atoms with van der Waals surface area (Å²) in [6.07, 6.45) is 2.52. The van der Waals surface area contributed by atoms with Crippen LogP contribution in [0.5, 0.6) is 0 Å². The molecule has 2 bridgehead atoms. The number of nitrogens with zero attached hydrogens (tertiary/aromatic N) is 1. The van der Waals surface area contributed by atoms with Crippen LogP contribution in [0.1, 0.15) is 25.3 Å². The summed E-state index contributed by atoms with van der Waals surface area (Å²) in [4.78, 5) is 13.7. The first-order valence-electron chi connectivity index (χ1n) is 7.49. The molecule has 3 atom stereocenters. The fraction of sp³-hybridized carbons (Fsp3) is 0.562. The minimum absolute atomic E-state index is 0.0242. The third-order valence-electron chi connectivity index (χ3n) is 4.53. The summed E-state index contributed by atoms with van der Waals surface area (Å²) >= 11 is 0. The molecule has 20 heavy (non-hydrogen) atoms. The molecule has 2 saturated heterocycles. The number of anilines is 2. The Labute approximate surface area is 120 Å². The highest BCUT2D eigenvalue weighted by Gasteiger charge is 2.34. The third kappa shape index (κ3) is 2.80. The van der Waals surface area contributed by atoms with Crippen LogP contribution in [0.4, 0.5) is 11.4 Å². The molecular weight excluding hydrogens is 250 g/mol. The van der Waals surface area contributed by atoms with Crippen molar-refractivity contribution in [1.29, 1.82) is 0 Å². The van der Waals surface area contributed by atoms with Gasteiger partial charge >= 0.3 is 0 Å². The van der Waals surface area contributed by atoms with Gasteiger partial charge < -0.3 is 15.5 Å². The van der Waals surface area contributed by atoms with Crippen molar-refractivity contribution in [3.63, 3.8) is 0 Å². The molecule has 3 unspecified atom stereocenters. The van der Waals surface area contributed by atoms with Crippen molar-refractivity contribution in [3.05, 3.63) is 23.8 Å². The molecule has 0 aliphatic carbocycles. The number of piperidine rings is 1. The molecule has 0 spiro atoms. The Morgan fingerprint density at radius 3 is 2.90 bits per heavy atom. The number of aryl methyl sites for hydroxylation is 1. The molecular formula is C16H23N3O. The number of rotatable bonds is 3. The van der Waals surface area contributed by atoms with Crippen LogP contribution in [-0.4, -0.2) is 36.5 Å². The van der Waals surface area contributed by atoms with Crippen LogP contribution in [0.2, 0.25) is 0 Å². The third-order valence-corrected chi connectivity index (χ3v) is 4.53. The number of benzene rings is 1. The number of nitrogens with one attached hydrogen (secondary N) is 2. The lowest BCUT2D eigenvalue weighted by Gasteiger charge is -2.32. The van der Waals surface area contributed by atoms with E-state index in [0.717, 1.165) is 17.3 Å². The van der Waals surface area contributed by atoms with E-state index in [2.05, 4.69) is 34.6 Å². The van der Waals surface area contributed by atoms with Gasteiger partial charge in [-0.2, -0.15) is 0 Å². The maximum absolute atomic E-state index is 11.2. The van der Waals surface area contributed by atoms with Crippen LogP contribution < -0.4 is 10.6 Å². The Hall–Kier alpha value is -1.55. The summed E-state index contributed by atoms with van der Waals surface area (Å²) in [6, 6.07) is 6.65. The lowest BCUT2D eigenvalue weighted by atomic mass is 9.93. The van der Waals surface area contributed by atoms with Gasteiger partial charge in [-0.3, -0.25) is 4.79 Å². The number of fused-ring (bicyclic) bond motifs is 2. The zero-order valence-electron chi connectivity index (χ0n) is 12.3. The Bertz CT molecular complexity index is 514. The fourth-order valence-corrected chi connectivity index (χ4v) is 3.40. The van der Waals surface area contributed by atoms with Crippen LogP contribution in [0.25, 0.3) is 0 Å². The minimum Gasteiger partial charge on any atom is -0.382 e. The van der Waals surface area contributed by atoms with Crippen LogP contribution >= 0.6 is 0 Å². The molecule has 0 radical (unpaired) electrons. The molecule has 2 heterocycles. The maximum atomic E-state index is 11.2. The average molecular weight is 273 g/mol. The smallest absolute Gasteiger partial charge is 0.221 e. The molecule has 0 saturated carbocycles. The van der Waals surface area contributed by atoms with Crippen molar-refractivity contribution in [2.45, 2.75) is 32.7 Å². The monoisotopic (exact) mass is 273 g/mol. The molecule has 1 aromatic carbocycles. The highest BCUT2D eigenvalue weighted by Crippen LogP contribution is 2.31. The first-order chi connectivity index (χ1) is 9.61. The second kappa shape index (κ2) is 5.44. The van der Waals surface area contributed by atoms with Gasteiger partial charge in [0.05, 0.1) is 0 Å². The molecule has 2 N–H and O–H groups in total.